The minimum Gasteiger partial charge on any atom is -0.508 e. The minimum atomic E-state index is 0.184. The molecule has 0 aliphatic heterocycles. The maximum absolute atomic E-state index is 9.68. The lowest BCUT2D eigenvalue weighted by Crippen LogP contribution is -2.18. The third-order valence-corrected chi connectivity index (χ3v) is 3.17. The molecule has 0 fully saturated rings. The van der Waals surface area contributed by atoms with Crippen molar-refractivity contribution < 1.29 is 5.11 Å². The van der Waals surface area contributed by atoms with Gasteiger partial charge >= 0.3 is 0 Å². The Morgan fingerprint density at radius 3 is 2.67 bits per heavy atom. The van der Waals surface area contributed by atoms with Crippen LogP contribution in [0.1, 0.15) is 24.1 Å². The number of rotatable bonds is 4. The monoisotopic (exact) mass is 261 g/mol. The molecule has 0 amide bonds. The second-order valence-corrected chi connectivity index (χ2v) is 4.72. The molecule has 3 heteroatoms. The van der Waals surface area contributed by atoms with Gasteiger partial charge in [-0.2, -0.15) is 0 Å². The smallest absolute Gasteiger partial charge is 0.120 e. The van der Waals surface area contributed by atoms with E-state index < -0.39 is 0 Å². The lowest BCUT2D eigenvalue weighted by atomic mass is 10.1. The SMILES string of the molecule is C[C@H](NCc1ccccc1O)c1cccc(Cl)c1. The summed E-state index contributed by atoms with van der Waals surface area (Å²) in [6.45, 7) is 2.70. The zero-order valence-electron chi connectivity index (χ0n) is 10.2. The third-order valence-electron chi connectivity index (χ3n) is 2.94. The Kier molecular flexibility index (Phi) is 4.24. The number of phenols is 1. The number of halogens is 1. The van der Waals surface area contributed by atoms with E-state index >= 15 is 0 Å². The van der Waals surface area contributed by atoms with Crippen LogP contribution in [0.4, 0.5) is 0 Å². The molecule has 0 aromatic heterocycles. The second-order valence-electron chi connectivity index (χ2n) is 4.29. The van der Waals surface area contributed by atoms with Gasteiger partial charge in [0.15, 0.2) is 0 Å². The van der Waals surface area contributed by atoms with Gasteiger partial charge < -0.3 is 10.4 Å². The highest BCUT2D eigenvalue weighted by Gasteiger charge is 2.06. The highest BCUT2D eigenvalue weighted by molar-refractivity contribution is 6.30. The largest absolute Gasteiger partial charge is 0.508 e. The van der Waals surface area contributed by atoms with Gasteiger partial charge in [0.05, 0.1) is 0 Å². The maximum Gasteiger partial charge on any atom is 0.120 e. The number of hydrogen-bond donors (Lipinski definition) is 2. The van der Waals surface area contributed by atoms with Crippen molar-refractivity contribution in [3.05, 3.63) is 64.7 Å². The van der Waals surface area contributed by atoms with Gasteiger partial charge in [0.25, 0.3) is 0 Å². The van der Waals surface area contributed by atoms with E-state index in [0.717, 1.165) is 16.1 Å². The van der Waals surface area contributed by atoms with E-state index in [1.165, 1.54) is 0 Å². The molecule has 0 spiro atoms. The lowest BCUT2D eigenvalue weighted by molar-refractivity contribution is 0.460. The molecule has 2 rings (SSSR count). The average Bonchev–Trinajstić information content (AvgIpc) is 2.37. The normalized spacial score (nSPS) is 12.3. The number of aromatic hydroxyl groups is 1. The lowest BCUT2D eigenvalue weighted by Gasteiger charge is -2.15. The molecule has 0 aliphatic rings. The van der Waals surface area contributed by atoms with Crippen LogP contribution in [0.25, 0.3) is 0 Å². The van der Waals surface area contributed by atoms with Gasteiger partial charge in [0.1, 0.15) is 5.75 Å². The van der Waals surface area contributed by atoms with E-state index in [1.54, 1.807) is 6.07 Å². The van der Waals surface area contributed by atoms with Crippen molar-refractivity contribution >= 4 is 11.6 Å². The molecule has 0 saturated carbocycles. The van der Waals surface area contributed by atoms with Crippen molar-refractivity contribution in [1.29, 1.82) is 0 Å². The first-order valence-corrected chi connectivity index (χ1v) is 6.30. The predicted molar refractivity (Wildman–Crippen MR) is 74.8 cm³/mol. The Labute approximate surface area is 112 Å². The summed E-state index contributed by atoms with van der Waals surface area (Å²) in [7, 11) is 0. The molecule has 0 aliphatic carbocycles. The fourth-order valence-electron chi connectivity index (χ4n) is 1.82. The first-order valence-electron chi connectivity index (χ1n) is 5.92. The molecule has 2 N–H and O–H groups in total. The van der Waals surface area contributed by atoms with Gasteiger partial charge in [-0.05, 0) is 30.7 Å². The van der Waals surface area contributed by atoms with E-state index in [4.69, 9.17) is 11.6 Å². The number of nitrogens with one attached hydrogen (secondary N) is 1. The quantitative estimate of drug-likeness (QED) is 0.875. The summed E-state index contributed by atoms with van der Waals surface area (Å²) in [5, 5.41) is 13.8. The van der Waals surface area contributed by atoms with Crippen LogP contribution in [-0.2, 0) is 6.54 Å². The minimum absolute atomic E-state index is 0.184. The van der Waals surface area contributed by atoms with Crippen molar-refractivity contribution in [1.82, 2.24) is 5.32 Å². The van der Waals surface area contributed by atoms with E-state index in [0.29, 0.717) is 12.3 Å². The summed E-state index contributed by atoms with van der Waals surface area (Å²) >= 11 is 5.96. The van der Waals surface area contributed by atoms with E-state index in [9.17, 15) is 5.11 Å². The fraction of sp³-hybridized carbons (Fsp3) is 0.200. The summed E-state index contributed by atoms with van der Waals surface area (Å²) in [5.41, 5.74) is 2.03. The Balaban J connectivity index is 2.00. The third kappa shape index (κ3) is 3.25. The number of hydrogen-bond acceptors (Lipinski definition) is 2. The zero-order chi connectivity index (χ0) is 13.0. The summed E-state index contributed by atoms with van der Waals surface area (Å²) in [6.07, 6.45) is 0. The molecular formula is C15H16ClNO. The van der Waals surface area contributed by atoms with Crippen LogP contribution in [-0.4, -0.2) is 5.11 Å². The molecule has 2 aromatic carbocycles. The van der Waals surface area contributed by atoms with Gasteiger partial charge in [-0.25, -0.2) is 0 Å². The average molecular weight is 262 g/mol. The van der Waals surface area contributed by atoms with E-state index in [2.05, 4.69) is 12.2 Å². The topological polar surface area (TPSA) is 32.3 Å². The Morgan fingerprint density at radius 2 is 1.94 bits per heavy atom. The predicted octanol–water partition coefficient (Wildman–Crippen LogP) is 3.90. The second kappa shape index (κ2) is 5.89. The van der Waals surface area contributed by atoms with Crippen molar-refractivity contribution in [2.24, 2.45) is 0 Å². The van der Waals surface area contributed by atoms with Gasteiger partial charge in [0, 0.05) is 23.2 Å². The van der Waals surface area contributed by atoms with Crippen LogP contribution in [0.15, 0.2) is 48.5 Å². The Morgan fingerprint density at radius 1 is 1.17 bits per heavy atom. The number of para-hydroxylation sites is 1. The number of benzene rings is 2. The molecule has 0 saturated heterocycles. The molecule has 1 atom stereocenters. The van der Waals surface area contributed by atoms with Crippen molar-refractivity contribution in [2.75, 3.05) is 0 Å². The summed E-state index contributed by atoms with van der Waals surface area (Å²) in [6, 6.07) is 15.3. The highest BCUT2D eigenvalue weighted by Crippen LogP contribution is 2.20. The highest BCUT2D eigenvalue weighted by atomic mass is 35.5. The van der Waals surface area contributed by atoms with Gasteiger partial charge in [-0.1, -0.05) is 41.9 Å². The molecular weight excluding hydrogens is 246 g/mol. The van der Waals surface area contributed by atoms with Gasteiger partial charge in [-0.3, -0.25) is 0 Å². The van der Waals surface area contributed by atoms with E-state index in [1.807, 2.05) is 42.5 Å². The van der Waals surface area contributed by atoms with Crippen LogP contribution < -0.4 is 5.32 Å². The summed E-state index contributed by atoms with van der Waals surface area (Å²) < 4.78 is 0. The molecule has 2 aromatic rings. The first-order chi connectivity index (χ1) is 8.66. The molecule has 2 nitrogen and oxygen atoms in total. The maximum atomic E-state index is 9.68. The molecule has 18 heavy (non-hydrogen) atoms. The van der Waals surface area contributed by atoms with Crippen molar-refractivity contribution in [3.63, 3.8) is 0 Å². The van der Waals surface area contributed by atoms with Crippen LogP contribution in [0.5, 0.6) is 5.75 Å². The summed E-state index contributed by atoms with van der Waals surface area (Å²) in [4.78, 5) is 0. The molecule has 0 bridgehead atoms. The fourth-order valence-corrected chi connectivity index (χ4v) is 2.02. The zero-order valence-corrected chi connectivity index (χ0v) is 11.0. The van der Waals surface area contributed by atoms with Gasteiger partial charge in [-0.15, -0.1) is 0 Å². The molecule has 0 unspecified atom stereocenters. The van der Waals surface area contributed by atoms with Crippen LogP contribution in [0, 0.1) is 0 Å². The molecule has 94 valence electrons. The van der Waals surface area contributed by atoms with Crippen LogP contribution in [0.3, 0.4) is 0 Å². The van der Waals surface area contributed by atoms with Crippen molar-refractivity contribution in [2.45, 2.75) is 19.5 Å². The molecule has 0 radical (unpaired) electrons. The standard InChI is InChI=1S/C15H16ClNO/c1-11(12-6-4-7-14(16)9-12)17-10-13-5-2-3-8-15(13)18/h2-9,11,17-18H,10H2,1H3/t11-/m0/s1. The first kappa shape index (κ1) is 12.9. The van der Waals surface area contributed by atoms with Gasteiger partial charge in [0.2, 0.25) is 0 Å². The number of phenolic OH excluding ortho intramolecular Hbond substituents is 1. The van der Waals surface area contributed by atoms with Crippen molar-refractivity contribution in [3.8, 4) is 5.75 Å². The van der Waals surface area contributed by atoms with Crippen LogP contribution >= 0.6 is 11.6 Å². The van der Waals surface area contributed by atoms with Crippen LogP contribution in [0.2, 0.25) is 5.02 Å². The Bertz CT molecular complexity index is 527. The van der Waals surface area contributed by atoms with E-state index in [-0.39, 0.29) is 6.04 Å². The molecule has 0 heterocycles. The summed E-state index contributed by atoms with van der Waals surface area (Å²) in [5.74, 6) is 0.322. The Hall–Kier alpha value is -1.51.